The van der Waals surface area contributed by atoms with Gasteiger partial charge in [0.15, 0.2) is 0 Å². The smallest absolute Gasteiger partial charge is 0.389 e. The van der Waals surface area contributed by atoms with Crippen LogP contribution in [0.15, 0.2) is 48.8 Å². The first kappa shape index (κ1) is 23.8. The number of likely N-dealkylation sites (tertiary alicyclic amines) is 1. The van der Waals surface area contributed by atoms with Crippen LogP contribution in [0.25, 0.3) is 0 Å². The zero-order valence-electron chi connectivity index (χ0n) is 18.6. The number of benzene rings is 1. The van der Waals surface area contributed by atoms with Crippen LogP contribution in [-0.4, -0.2) is 60.2 Å². The number of ether oxygens (including phenoxy) is 1. The van der Waals surface area contributed by atoms with E-state index >= 15 is 0 Å². The third-order valence-corrected chi connectivity index (χ3v) is 6.11. The summed E-state index contributed by atoms with van der Waals surface area (Å²) in [5.74, 6) is 0.0636. The van der Waals surface area contributed by atoms with Crippen molar-refractivity contribution in [1.29, 1.82) is 0 Å². The van der Waals surface area contributed by atoms with Gasteiger partial charge in [0.05, 0.1) is 24.2 Å². The molecule has 2 fully saturated rings. The summed E-state index contributed by atoms with van der Waals surface area (Å²) in [7, 11) is 0. The van der Waals surface area contributed by atoms with Crippen LogP contribution in [0.1, 0.15) is 25.7 Å². The molecule has 3 heterocycles. The zero-order valence-corrected chi connectivity index (χ0v) is 18.6. The lowest BCUT2D eigenvalue weighted by atomic mass is 9.98. The van der Waals surface area contributed by atoms with E-state index in [1.54, 1.807) is 36.7 Å². The summed E-state index contributed by atoms with van der Waals surface area (Å²) >= 11 is 0. The molecule has 182 valence electrons. The number of amides is 2. The Labute approximate surface area is 195 Å². The Morgan fingerprint density at radius 1 is 1.09 bits per heavy atom. The van der Waals surface area contributed by atoms with E-state index in [9.17, 15) is 22.8 Å². The molecule has 0 saturated carbocycles. The molecule has 2 aliphatic rings. The molecule has 2 aliphatic heterocycles. The molecule has 0 spiro atoms. The first-order valence-electron chi connectivity index (χ1n) is 11.3. The third kappa shape index (κ3) is 6.39. The summed E-state index contributed by atoms with van der Waals surface area (Å²) in [6.45, 7) is 2.06. The number of carbonyl (C=O) groups excluding carboxylic acids is 2. The van der Waals surface area contributed by atoms with Gasteiger partial charge in [0.25, 0.3) is 0 Å². The first-order valence-corrected chi connectivity index (χ1v) is 11.3. The van der Waals surface area contributed by atoms with Crippen molar-refractivity contribution in [3.8, 4) is 5.75 Å². The van der Waals surface area contributed by atoms with E-state index in [0.717, 1.165) is 5.69 Å². The highest BCUT2D eigenvalue weighted by Crippen LogP contribution is 2.26. The fourth-order valence-corrected chi connectivity index (χ4v) is 4.08. The quantitative estimate of drug-likeness (QED) is 0.657. The van der Waals surface area contributed by atoms with E-state index in [1.165, 1.54) is 4.90 Å². The minimum Gasteiger partial charge on any atom is -0.490 e. The number of aromatic nitrogens is 1. The minimum absolute atomic E-state index is 0.0311. The van der Waals surface area contributed by atoms with Crippen LogP contribution >= 0.6 is 0 Å². The molecule has 0 aliphatic carbocycles. The van der Waals surface area contributed by atoms with E-state index in [-0.39, 0.29) is 17.9 Å². The van der Waals surface area contributed by atoms with Crippen molar-refractivity contribution < 1.29 is 27.5 Å². The van der Waals surface area contributed by atoms with Gasteiger partial charge in [-0.05, 0) is 36.4 Å². The molecule has 1 aromatic carbocycles. The number of alkyl halides is 3. The zero-order chi connectivity index (χ0) is 24.1. The second kappa shape index (κ2) is 10.3. The maximum Gasteiger partial charge on any atom is 0.389 e. The van der Waals surface area contributed by atoms with Crippen LogP contribution in [0, 0.1) is 5.92 Å². The van der Waals surface area contributed by atoms with Crippen molar-refractivity contribution >= 4 is 23.2 Å². The molecule has 2 amide bonds. The summed E-state index contributed by atoms with van der Waals surface area (Å²) in [6.07, 6.45) is -1.41. The second-order valence-electron chi connectivity index (χ2n) is 8.64. The molecule has 7 nitrogen and oxygen atoms in total. The largest absolute Gasteiger partial charge is 0.490 e. The highest BCUT2D eigenvalue weighted by atomic mass is 19.4. The molecule has 0 unspecified atom stereocenters. The van der Waals surface area contributed by atoms with Crippen molar-refractivity contribution in [3.63, 3.8) is 0 Å². The Balaban J connectivity index is 1.17. The van der Waals surface area contributed by atoms with Gasteiger partial charge in [-0.15, -0.1) is 0 Å². The van der Waals surface area contributed by atoms with Crippen LogP contribution in [0.3, 0.4) is 0 Å². The number of nitrogens with zero attached hydrogens (tertiary/aromatic N) is 3. The molecule has 1 N–H and O–H groups in total. The Morgan fingerprint density at radius 3 is 2.41 bits per heavy atom. The maximum absolute atomic E-state index is 12.5. The highest BCUT2D eigenvalue weighted by molar-refractivity contribution is 5.94. The molecule has 0 atom stereocenters. The predicted molar refractivity (Wildman–Crippen MR) is 121 cm³/mol. The molecule has 2 saturated heterocycles. The molecule has 1 aromatic heterocycles. The summed E-state index contributed by atoms with van der Waals surface area (Å²) in [5.41, 5.74) is 1.69. The monoisotopic (exact) mass is 476 g/mol. The van der Waals surface area contributed by atoms with E-state index in [2.05, 4.69) is 15.2 Å². The lowest BCUT2D eigenvalue weighted by Gasteiger charge is -2.39. The molecule has 0 radical (unpaired) electrons. The lowest BCUT2D eigenvalue weighted by Crippen LogP contribution is -2.52. The number of rotatable bonds is 7. The van der Waals surface area contributed by atoms with Gasteiger partial charge >= 0.3 is 6.18 Å². The molecule has 10 heteroatoms. The average molecular weight is 476 g/mol. The standard InChI is InChI=1S/C24H27F3N4O3/c25-24(26,27)10-7-22(32)30-12-8-21(9-13-30)34-20-5-3-18(4-6-20)29-23(33)17-15-31(16-17)19-2-1-11-28-14-19/h1-6,11,14,17,21H,7-10,12-13,15-16H2,(H,29,33). The van der Waals surface area contributed by atoms with Crippen LogP contribution in [0.4, 0.5) is 24.5 Å². The number of hydrogen-bond donors (Lipinski definition) is 1. The molecule has 0 bridgehead atoms. The number of anilines is 2. The van der Waals surface area contributed by atoms with E-state index < -0.39 is 24.9 Å². The summed E-state index contributed by atoms with van der Waals surface area (Å²) < 4.78 is 42.9. The summed E-state index contributed by atoms with van der Waals surface area (Å²) in [5, 5.41) is 2.93. The number of piperidine rings is 1. The topological polar surface area (TPSA) is 74.8 Å². The Bertz CT molecular complexity index is 971. The summed E-state index contributed by atoms with van der Waals surface area (Å²) in [4.78, 5) is 32.1. The van der Waals surface area contributed by atoms with Gasteiger partial charge in [-0.25, -0.2) is 0 Å². The molecule has 2 aromatic rings. The van der Waals surface area contributed by atoms with Gasteiger partial charge in [0.1, 0.15) is 11.9 Å². The van der Waals surface area contributed by atoms with Crippen LogP contribution in [0.5, 0.6) is 5.75 Å². The number of pyridine rings is 1. The van der Waals surface area contributed by atoms with Crippen molar-refractivity contribution in [3.05, 3.63) is 48.8 Å². The van der Waals surface area contributed by atoms with Gasteiger partial charge in [-0.1, -0.05) is 0 Å². The van der Waals surface area contributed by atoms with Crippen molar-refractivity contribution in [1.82, 2.24) is 9.88 Å². The van der Waals surface area contributed by atoms with Crippen molar-refractivity contribution in [2.24, 2.45) is 5.92 Å². The molecular formula is C24H27F3N4O3. The Morgan fingerprint density at radius 2 is 1.79 bits per heavy atom. The van der Waals surface area contributed by atoms with Gasteiger partial charge < -0.3 is 19.9 Å². The van der Waals surface area contributed by atoms with E-state index in [0.29, 0.717) is 50.5 Å². The van der Waals surface area contributed by atoms with Crippen molar-refractivity contribution in [2.75, 3.05) is 36.4 Å². The third-order valence-electron chi connectivity index (χ3n) is 6.11. The van der Waals surface area contributed by atoms with E-state index in [1.807, 2.05) is 12.1 Å². The lowest BCUT2D eigenvalue weighted by molar-refractivity contribution is -0.150. The van der Waals surface area contributed by atoms with Crippen molar-refractivity contribution in [2.45, 2.75) is 38.0 Å². The van der Waals surface area contributed by atoms with Crippen LogP contribution in [-0.2, 0) is 9.59 Å². The normalized spacial score (nSPS) is 17.3. The summed E-state index contributed by atoms with van der Waals surface area (Å²) in [6, 6.07) is 10.9. The minimum atomic E-state index is -4.32. The Hall–Kier alpha value is -3.30. The highest BCUT2D eigenvalue weighted by Gasteiger charge is 2.33. The predicted octanol–water partition coefficient (Wildman–Crippen LogP) is 3.87. The van der Waals surface area contributed by atoms with Crippen LogP contribution in [0.2, 0.25) is 0 Å². The number of nitrogens with one attached hydrogen (secondary N) is 1. The number of carbonyl (C=O) groups is 2. The van der Waals surface area contributed by atoms with E-state index in [4.69, 9.17) is 4.74 Å². The van der Waals surface area contributed by atoms with Gasteiger partial charge in [-0.2, -0.15) is 13.2 Å². The fraction of sp³-hybridized carbons (Fsp3) is 0.458. The van der Waals surface area contributed by atoms with Gasteiger partial charge in [-0.3, -0.25) is 14.6 Å². The van der Waals surface area contributed by atoms with Gasteiger partial charge in [0.2, 0.25) is 11.8 Å². The van der Waals surface area contributed by atoms with Crippen LogP contribution < -0.4 is 15.0 Å². The number of halogens is 3. The molecule has 4 rings (SSSR count). The maximum atomic E-state index is 12.5. The average Bonchev–Trinajstić information content (AvgIpc) is 2.78. The second-order valence-corrected chi connectivity index (χ2v) is 8.64. The number of hydrogen-bond acceptors (Lipinski definition) is 5. The fourth-order valence-electron chi connectivity index (χ4n) is 4.08. The Kier molecular flexibility index (Phi) is 7.23. The SMILES string of the molecule is O=C(Nc1ccc(OC2CCN(C(=O)CCC(F)(F)F)CC2)cc1)C1CN(c2cccnc2)C1. The molecular weight excluding hydrogens is 449 g/mol. The van der Waals surface area contributed by atoms with Gasteiger partial charge in [0, 0.05) is 57.3 Å². The first-order chi connectivity index (χ1) is 16.3. The molecule has 34 heavy (non-hydrogen) atoms.